The van der Waals surface area contributed by atoms with Crippen molar-refractivity contribution in [3.05, 3.63) is 0 Å². The van der Waals surface area contributed by atoms with E-state index in [9.17, 15) is 0 Å². The molecule has 0 rings (SSSR count). The lowest BCUT2D eigenvalue weighted by molar-refractivity contribution is 0.126. The quantitative estimate of drug-likeness (QED) is 0.187. The Morgan fingerprint density at radius 2 is 0.731 bits per heavy atom. The molecule has 0 bridgehead atoms. The highest BCUT2D eigenvalue weighted by atomic mass is 16.5. The first-order valence-corrected chi connectivity index (χ1v) is 12.2. The van der Waals surface area contributed by atoms with Gasteiger partial charge < -0.3 is 10.5 Å². The molecule has 0 heterocycles. The molecular formula is C24H51NO. The minimum Gasteiger partial charge on any atom is -0.381 e. The summed E-state index contributed by atoms with van der Waals surface area (Å²) in [5, 5.41) is 0. The predicted octanol–water partition coefficient (Wildman–Crippen LogP) is 7.78. The zero-order valence-corrected chi connectivity index (χ0v) is 18.2. The van der Waals surface area contributed by atoms with Crippen molar-refractivity contribution >= 4 is 0 Å². The Morgan fingerprint density at radius 3 is 1.08 bits per heavy atom. The smallest absolute Gasteiger partial charge is 0.0466 e. The molecular weight excluding hydrogens is 318 g/mol. The van der Waals surface area contributed by atoms with Crippen molar-refractivity contribution in [2.24, 2.45) is 5.73 Å². The van der Waals surface area contributed by atoms with Gasteiger partial charge in [-0.2, -0.15) is 0 Å². The van der Waals surface area contributed by atoms with Crippen LogP contribution in [0.4, 0.5) is 0 Å². The maximum absolute atomic E-state index is 5.61. The molecule has 0 radical (unpaired) electrons. The number of unbranched alkanes of at least 4 members (excludes halogenated alkanes) is 18. The van der Waals surface area contributed by atoms with E-state index in [0.717, 1.165) is 32.6 Å². The van der Waals surface area contributed by atoms with Crippen molar-refractivity contribution < 1.29 is 4.74 Å². The number of hydrogen-bond acceptors (Lipinski definition) is 2. The highest BCUT2D eigenvalue weighted by Crippen LogP contribution is 2.14. The normalized spacial score (nSPS) is 11.3. The summed E-state index contributed by atoms with van der Waals surface area (Å²) in [6.07, 6.45) is 28.0. The lowest BCUT2D eigenvalue weighted by atomic mass is 10.0. The Morgan fingerprint density at radius 1 is 0.423 bits per heavy atom. The number of ether oxygens (including phenoxy) is 1. The molecule has 2 heteroatoms. The zero-order valence-electron chi connectivity index (χ0n) is 18.2. The van der Waals surface area contributed by atoms with E-state index in [-0.39, 0.29) is 0 Å². The molecule has 0 fully saturated rings. The average Bonchev–Trinajstić information content (AvgIpc) is 2.66. The zero-order chi connectivity index (χ0) is 19.0. The van der Waals surface area contributed by atoms with E-state index >= 15 is 0 Å². The van der Waals surface area contributed by atoms with Crippen LogP contribution in [0.15, 0.2) is 0 Å². The van der Waals surface area contributed by atoms with Crippen LogP contribution in [0.1, 0.15) is 135 Å². The molecule has 0 amide bonds. The van der Waals surface area contributed by atoms with Gasteiger partial charge in [-0.25, -0.2) is 0 Å². The van der Waals surface area contributed by atoms with E-state index in [1.165, 1.54) is 116 Å². The largest absolute Gasteiger partial charge is 0.381 e. The Bertz CT molecular complexity index is 208. The van der Waals surface area contributed by atoms with Crippen LogP contribution in [-0.4, -0.2) is 19.8 Å². The van der Waals surface area contributed by atoms with Crippen molar-refractivity contribution in [1.82, 2.24) is 0 Å². The maximum atomic E-state index is 5.61. The van der Waals surface area contributed by atoms with Gasteiger partial charge in [-0.3, -0.25) is 0 Å². The summed E-state index contributed by atoms with van der Waals surface area (Å²) in [6, 6.07) is 0. The molecule has 158 valence electrons. The third-order valence-corrected chi connectivity index (χ3v) is 5.39. The first-order chi connectivity index (χ1) is 12.9. The van der Waals surface area contributed by atoms with Gasteiger partial charge in [0.05, 0.1) is 0 Å². The third kappa shape index (κ3) is 23.9. The number of rotatable bonds is 23. The van der Waals surface area contributed by atoms with Gasteiger partial charge in [-0.05, 0) is 25.8 Å². The Balaban J connectivity index is 2.95. The summed E-state index contributed by atoms with van der Waals surface area (Å²) in [7, 11) is 0. The summed E-state index contributed by atoms with van der Waals surface area (Å²) >= 11 is 0. The monoisotopic (exact) mass is 369 g/mol. The van der Waals surface area contributed by atoms with Gasteiger partial charge in [0.15, 0.2) is 0 Å². The topological polar surface area (TPSA) is 35.2 Å². The predicted molar refractivity (Wildman–Crippen MR) is 118 cm³/mol. The van der Waals surface area contributed by atoms with Gasteiger partial charge in [0, 0.05) is 13.2 Å². The third-order valence-electron chi connectivity index (χ3n) is 5.39. The molecule has 0 aromatic rings. The molecule has 26 heavy (non-hydrogen) atoms. The standard InChI is InChI=1S/C24H51NO/c1-2-3-4-5-6-7-8-9-10-11-12-13-14-15-16-17-18-20-23-26-24-21-19-22-25/h2-25H2,1H3. The molecule has 0 aromatic carbocycles. The summed E-state index contributed by atoms with van der Waals surface area (Å²) in [5.74, 6) is 0. The van der Waals surface area contributed by atoms with Crippen molar-refractivity contribution in [2.75, 3.05) is 19.8 Å². The van der Waals surface area contributed by atoms with Gasteiger partial charge in [-0.15, -0.1) is 0 Å². The molecule has 0 aromatic heterocycles. The SMILES string of the molecule is CCCCCCCCCCCCCCCCCCCCOCCCCN. The maximum Gasteiger partial charge on any atom is 0.0466 e. The number of hydrogen-bond donors (Lipinski definition) is 1. The molecule has 0 unspecified atom stereocenters. The second kappa shape index (κ2) is 24.9. The fourth-order valence-electron chi connectivity index (χ4n) is 3.56. The van der Waals surface area contributed by atoms with Crippen LogP contribution >= 0.6 is 0 Å². The van der Waals surface area contributed by atoms with E-state index in [1.54, 1.807) is 0 Å². The van der Waals surface area contributed by atoms with Gasteiger partial charge in [0.25, 0.3) is 0 Å². The lowest BCUT2D eigenvalue weighted by Crippen LogP contribution is -2.02. The summed E-state index contributed by atoms with van der Waals surface area (Å²) in [5.41, 5.74) is 5.46. The second-order valence-corrected chi connectivity index (χ2v) is 8.12. The van der Waals surface area contributed by atoms with Crippen molar-refractivity contribution in [1.29, 1.82) is 0 Å². The highest BCUT2D eigenvalue weighted by Gasteiger charge is 1.95. The van der Waals surface area contributed by atoms with Crippen LogP contribution in [-0.2, 0) is 4.74 Å². The van der Waals surface area contributed by atoms with Crippen LogP contribution in [0.25, 0.3) is 0 Å². The first kappa shape index (κ1) is 25.9. The molecule has 0 aliphatic heterocycles. The Labute approximate surface area is 166 Å². The van der Waals surface area contributed by atoms with Crippen LogP contribution in [0, 0.1) is 0 Å². The molecule has 2 nitrogen and oxygen atoms in total. The summed E-state index contributed by atoms with van der Waals surface area (Å²) in [6.45, 7) is 4.94. The van der Waals surface area contributed by atoms with Crippen LogP contribution < -0.4 is 5.73 Å². The first-order valence-electron chi connectivity index (χ1n) is 12.2. The molecule has 0 saturated carbocycles. The summed E-state index contributed by atoms with van der Waals surface area (Å²) in [4.78, 5) is 0. The molecule has 0 spiro atoms. The lowest BCUT2D eigenvalue weighted by Gasteiger charge is -2.05. The van der Waals surface area contributed by atoms with Gasteiger partial charge >= 0.3 is 0 Å². The highest BCUT2D eigenvalue weighted by molar-refractivity contribution is 4.50. The minimum absolute atomic E-state index is 0.794. The van der Waals surface area contributed by atoms with Gasteiger partial charge in [0.2, 0.25) is 0 Å². The van der Waals surface area contributed by atoms with Crippen molar-refractivity contribution in [2.45, 2.75) is 135 Å². The molecule has 0 atom stereocenters. The van der Waals surface area contributed by atoms with E-state index in [2.05, 4.69) is 6.92 Å². The van der Waals surface area contributed by atoms with E-state index in [1.807, 2.05) is 0 Å². The molecule has 0 aliphatic rings. The van der Waals surface area contributed by atoms with Crippen molar-refractivity contribution in [3.8, 4) is 0 Å². The molecule has 2 N–H and O–H groups in total. The second-order valence-electron chi connectivity index (χ2n) is 8.12. The van der Waals surface area contributed by atoms with E-state index in [0.29, 0.717) is 0 Å². The number of nitrogens with two attached hydrogens (primary N) is 1. The van der Waals surface area contributed by atoms with Crippen molar-refractivity contribution in [3.63, 3.8) is 0 Å². The van der Waals surface area contributed by atoms with E-state index < -0.39 is 0 Å². The Hall–Kier alpha value is -0.0800. The van der Waals surface area contributed by atoms with Gasteiger partial charge in [-0.1, -0.05) is 116 Å². The van der Waals surface area contributed by atoms with E-state index in [4.69, 9.17) is 10.5 Å². The van der Waals surface area contributed by atoms with Crippen LogP contribution in [0.2, 0.25) is 0 Å². The summed E-state index contributed by atoms with van der Waals surface area (Å²) < 4.78 is 5.61. The van der Waals surface area contributed by atoms with Crippen LogP contribution in [0.3, 0.4) is 0 Å². The average molecular weight is 370 g/mol. The molecule has 0 aliphatic carbocycles. The van der Waals surface area contributed by atoms with Gasteiger partial charge in [0.1, 0.15) is 0 Å². The fourth-order valence-corrected chi connectivity index (χ4v) is 3.56. The Kier molecular flexibility index (Phi) is 24.8. The molecule has 0 saturated heterocycles. The van der Waals surface area contributed by atoms with Crippen LogP contribution in [0.5, 0.6) is 0 Å². The fraction of sp³-hybridized carbons (Fsp3) is 1.00. The minimum atomic E-state index is 0.794.